The molecular formula is C36H47F2N3O4. The van der Waals surface area contributed by atoms with E-state index in [-0.39, 0.29) is 58.8 Å². The van der Waals surface area contributed by atoms with Crippen molar-refractivity contribution >= 4 is 23.5 Å². The lowest BCUT2D eigenvalue weighted by Crippen LogP contribution is -2.45. The van der Waals surface area contributed by atoms with E-state index in [9.17, 15) is 23.2 Å². The maximum atomic E-state index is 14.4. The number of nitrogens with one attached hydrogen (secondary N) is 1. The molecule has 0 bridgehead atoms. The van der Waals surface area contributed by atoms with Gasteiger partial charge in [-0.15, -0.1) is 0 Å². The normalized spacial score (nSPS) is 21.4. The van der Waals surface area contributed by atoms with E-state index in [0.29, 0.717) is 17.9 Å². The molecule has 1 aliphatic heterocycles. The number of carbonyl (C=O) groups is 3. The van der Waals surface area contributed by atoms with E-state index in [4.69, 9.17) is 10.1 Å². The monoisotopic (exact) mass is 623 g/mol. The van der Waals surface area contributed by atoms with Crippen LogP contribution in [0.5, 0.6) is 0 Å². The summed E-state index contributed by atoms with van der Waals surface area (Å²) in [5.74, 6) is -3.11. The number of aliphatic carboxylic acids is 1. The summed E-state index contributed by atoms with van der Waals surface area (Å²) < 4.78 is 28.2. The fourth-order valence-electron chi connectivity index (χ4n) is 6.55. The average molecular weight is 624 g/mol. The Labute approximate surface area is 265 Å². The van der Waals surface area contributed by atoms with Gasteiger partial charge in [0.2, 0.25) is 0 Å². The minimum Gasteiger partial charge on any atom is -0.481 e. The first-order chi connectivity index (χ1) is 21.0. The van der Waals surface area contributed by atoms with Gasteiger partial charge in [0.25, 0.3) is 11.8 Å². The molecule has 1 aliphatic carbocycles. The second-order valence-corrected chi connectivity index (χ2v) is 14.9. The molecule has 0 aromatic heterocycles. The number of benzene rings is 2. The van der Waals surface area contributed by atoms with Gasteiger partial charge in [0.15, 0.2) is 11.6 Å². The summed E-state index contributed by atoms with van der Waals surface area (Å²) in [6.07, 6.45) is 4.78. The van der Waals surface area contributed by atoms with Crippen molar-refractivity contribution in [3.63, 3.8) is 0 Å². The van der Waals surface area contributed by atoms with Crippen molar-refractivity contribution < 1.29 is 28.3 Å². The van der Waals surface area contributed by atoms with Crippen LogP contribution < -0.4 is 5.32 Å². The lowest BCUT2D eigenvalue weighted by molar-refractivity contribution is -0.136. The number of rotatable bonds is 10. The summed E-state index contributed by atoms with van der Waals surface area (Å²) in [5.41, 5.74) is 1.73. The maximum Gasteiger partial charge on any atom is 0.305 e. The summed E-state index contributed by atoms with van der Waals surface area (Å²) in [7, 11) is 0. The molecule has 2 aliphatic rings. The van der Waals surface area contributed by atoms with E-state index < -0.39 is 23.8 Å². The van der Waals surface area contributed by atoms with Crippen molar-refractivity contribution in [1.29, 1.82) is 0 Å². The van der Waals surface area contributed by atoms with Gasteiger partial charge in [-0.25, -0.2) is 8.78 Å². The number of halogens is 2. The highest BCUT2D eigenvalue weighted by molar-refractivity contribution is 6.46. The van der Waals surface area contributed by atoms with Crippen LogP contribution in [0.15, 0.2) is 47.5 Å². The number of carboxylic acids is 1. The van der Waals surface area contributed by atoms with Crippen molar-refractivity contribution in [1.82, 2.24) is 10.2 Å². The topological polar surface area (TPSA) is 99.1 Å². The van der Waals surface area contributed by atoms with Crippen LogP contribution in [0.1, 0.15) is 114 Å². The molecule has 244 valence electrons. The number of amides is 2. The third kappa shape index (κ3) is 8.56. The maximum absolute atomic E-state index is 14.4. The summed E-state index contributed by atoms with van der Waals surface area (Å²) in [4.78, 5) is 44.8. The van der Waals surface area contributed by atoms with Crippen molar-refractivity contribution in [2.24, 2.45) is 27.7 Å². The second-order valence-electron chi connectivity index (χ2n) is 14.9. The van der Waals surface area contributed by atoms with Crippen molar-refractivity contribution in [2.75, 3.05) is 6.54 Å². The van der Waals surface area contributed by atoms with Crippen LogP contribution in [0.2, 0.25) is 0 Å². The summed E-state index contributed by atoms with van der Waals surface area (Å²) in [5, 5.41) is 11.5. The van der Waals surface area contributed by atoms with E-state index in [2.05, 4.69) is 46.9 Å². The molecule has 2 amide bonds. The van der Waals surface area contributed by atoms with Gasteiger partial charge in [-0.1, -0.05) is 60.1 Å². The third-order valence-electron chi connectivity index (χ3n) is 9.22. The second kappa shape index (κ2) is 13.8. The minimum absolute atomic E-state index is 0.0214. The largest absolute Gasteiger partial charge is 0.481 e. The number of nitrogens with zero attached hydrogens (tertiary/aromatic N) is 2. The molecule has 9 heteroatoms. The number of aliphatic imine (C=N–C) groups is 1. The highest BCUT2D eigenvalue weighted by atomic mass is 19.2. The highest BCUT2D eigenvalue weighted by Crippen LogP contribution is 2.46. The quantitative estimate of drug-likeness (QED) is 0.286. The van der Waals surface area contributed by atoms with Crippen LogP contribution >= 0.6 is 0 Å². The van der Waals surface area contributed by atoms with E-state index in [0.717, 1.165) is 49.8 Å². The van der Waals surface area contributed by atoms with Gasteiger partial charge >= 0.3 is 5.97 Å². The molecule has 4 rings (SSSR count). The number of carbonyl (C=O) groups excluding carboxylic acids is 2. The molecule has 1 heterocycles. The Morgan fingerprint density at radius 3 is 2.31 bits per heavy atom. The van der Waals surface area contributed by atoms with E-state index in [1.165, 1.54) is 6.07 Å². The van der Waals surface area contributed by atoms with Gasteiger partial charge in [-0.2, -0.15) is 0 Å². The van der Waals surface area contributed by atoms with Crippen LogP contribution in [0.3, 0.4) is 0 Å². The number of carboxylic acid groups (broad SMARTS) is 1. The Morgan fingerprint density at radius 2 is 1.71 bits per heavy atom. The molecule has 0 saturated heterocycles. The van der Waals surface area contributed by atoms with E-state index >= 15 is 0 Å². The van der Waals surface area contributed by atoms with Gasteiger partial charge in [-0.3, -0.25) is 19.4 Å². The third-order valence-corrected chi connectivity index (χ3v) is 9.22. The van der Waals surface area contributed by atoms with Crippen LogP contribution in [-0.4, -0.2) is 46.2 Å². The lowest BCUT2D eigenvalue weighted by Gasteiger charge is -2.43. The summed E-state index contributed by atoms with van der Waals surface area (Å²) >= 11 is 0. The lowest BCUT2D eigenvalue weighted by atomic mass is 9.68. The molecule has 1 saturated carbocycles. The number of hydrogen-bond donors (Lipinski definition) is 2. The summed E-state index contributed by atoms with van der Waals surface area (Å²) in [6, 6.07) is 10.2. The predicted molar refractivity (Wildman–Crippen MR) is 171 cm³/mol. The standard InChI is InChI=1S/C36H47F2N3O4/c1-35(2,3)18-16-29(22-10-12-23(13-11-22)33(44)39-19-17-30(42)43)41-32(25-8-7-9-26(20-25)36(4,5)6)40-31(34(41)45)24-14-15-27(37)28(38)21-24/h10-15,21,25-26,29,32H,7-9,16-20H2,1-6H3,(H,39,44)(H,42,43)/t25?,26?,29-,32?/m1/s1. The highest BCUT2D eigenvalue weighted by Gasteiger charge is 2.45. The van der Waals surface area contributed by atoms with Crippen molar-refractivity contribution in [3.8, 4) is 0 Å². The predicted octanol–water partition coefficient (Wildman–Crippen LogP) is 7.55. The number of hydrogen-bond acceptors (Lipinski definition) is 4. The molecule has 3 unspecified atom stereocenters. The Bertz CT molecular complexity index is 1430. The molecular weight excluding hydrogens is 576 g/mol. The molecule has 2 aromatic rings. The van der Waals surface area contributed by atoms with Crippen LogP contribution in [0.25, 0.3) is 0 Å². The molecule has 45 heavy (non-hydrogen) atoms. The fourth-order valence-corrected chi connectivity index (χ4v) is 6.55. The molecule has 1 fully saturated rings. The van der Waals surface area contributed by atoms with E-state index in [1.54, 1.807) is 12.1 Å². The van der Waals surface area contributed by atoms with Gasteiger partial charge in [0.05, 0.1) is 12.5 Å². The van der Waals surface area contributed by atoms with Gasteiger partial charge < -0.3 is 15.3 Å². The van der Waals surface area contributed by atoms with Crippen LogP contribution in [0, 0.1) is 34.3 Å². The molecule has 0 radical (unpaired) electrons. The van der Waals surface area contributed by atoms with E-state index in [1.807, 2.05) is 17.0 Å². The smallest absolute Gasteiger partial charge is 0.305 e. The molecule has 4 atom stereocenters. The Balaban J connectivity index is 1.73. The average Bonchev–Trinajstić information content (AvgIpc) is 3.30. The minimum atomic E-state index is -1.02. The Hall–Kier alpha value is -3.62. The zero-order valence-corrected chi connectivity index (χ0v) is 27.3. The summed E-state index contributed by atoms with van der Waals surface area (Å²) in [6.45, 7) is 13.2. The first-order valence-corrected chi connectivity index (χ1v) is 16.0. The molecule has 0 spiro atoms. The van der Waals surface area contributed by atoms with Crippen molar-refractivity contribution in [3.05, 3.63) is 70.8 Å². The molecule has 7 nitrogen and oxygen atoms in total. The molecule has 2 N–H and O–H groups in total. The zero-order valence-electron chi connectivity index (χ0n) is 27.3. The van der Waals surface area contributed by atoms with Crippen molar-refractivity contribution in [2.45, 2.75) is 98.7 Å². The first-order valence-electron chi connectivity index (χ1n) is 16.0. The van der Waals surface area contributed by atoms with Gasteiger partial charge in [0, 0.05) is 23.6 Å². The fraction of sp³-hybridized carbons (Fsp3) is 0.556. The van der Waals surface area contributed by atoms with Crippen LogP contribution in [-0.2, 0) is 9.59 Å². The SMILES string of the molecule is CC(C)(C)CC[C@H](c1ccc(C(=O)NCCC(=O)O)cc1)N1C(=O)C(c2ccc(F)c(F)c2)=NC1C1CCCC(C(C)(C)C)C1. The van der Waals surface area contributed by atoms with Gasteiger partial charge in [-0.05, 0) is 84.7 Å². The Kier molecular flexibility index (Phi) is 10.5. The van der Waals surface area contributed by atoms with Gasteiger partial charge in [0.1, 0.15) is 11.9 Å². The zero-order chi connectivity index (χ0) is 33.1. The molecule has 2 aromatic carbocycles. The van der Waals surface area contributed by atoms with Crippen LogP contribution in [0.4, 0.5) is 8.78 Å². The Morgan fingerprint density at radius 1 is 1.02 bits per heavy atom. The first kappa shape index (κ1) is 34.3.